The third kappa shape index (κ3) is 5.01. The van der Waals surface area contributed by atoms with Gasteiger partial charge in [-0.3, -0.25) is 4.79 Å². The van der Waals surface area contributed by atoms with Gasteiger partial charge in [-0.2, -0.15) is 0 Å². The van der Waals surface area contributed by atoms with Gasteiger partial charge in [-0.05, 0) is 36.0 Å². The van der Waals surface area contributed by atoms with Crippen LogP contribution in [0, 0.1) is 0 Å². The van der Waals surface area contributed by atoms with Crippen molar-refractivity contribution in [1.29, 1.82) is 0 Å². The molecule has 7 heteroatoms. The molecule has 7 nitrogen and oxygen atoms in total. The van der Waals surface area contributed by atoms with E-state index in [1.54, 1.807) is 16.8 Å². The molecular weight excluding hydrogens is 478 g/mol. The SMILES string of the molecule is CN(Cc1ccccc1)C(=O)N1[C@H]2CCC[C@@H]1[C@@H](C(=O)O)N(C(=O)C(c1ccccc1)c1ccccc1)C2. The summed E-state index contributed by atoms with van der Waals surface area (Å²) < 4.78 is 0. The average Bonchev–Trinajstić information content (AvgIpc) is 2.93. The van der Waals surface area contributed by atoms with Crippen molar-refractivity contribution >= 4 is 17.9 Å². The Morgan fingerprint density at radius 1 is 0.868 bits per heavy atom. The molecule has 2 aliphatic rings. The highest BCUT2D eigenvalue weighted by atomic mass is 16.4. The Hall–Kier alpha value is -4.13. The van der Waals surface area contributed by atoms with E-state index in [2.05, 4.69) is 0 Å². The molecule has 38 heavy (non-hydrogen) atoms. The summed E-state index contributed by atoms with van der Waals surface area (Å²) in [6, 6.07) is 26.6. The van der Waals surface area contributed by atoms with Crippen LogP contribution in [0.4, 0.5) is 4.79 Å². The molecule has 3 atom stereocenters. The van der Waals surface area contributed by atoms with Crippen LogP contribution in [0.25, 0.3) is 0 Å². The molecule has 0 spiro atoms. The Balaban J connectivity index is 1.46. The van der Waals surface area contributed by atoms with Gasteiger partial charge in [-0.25, -0.2) is 9.59 Å². The molecule has 1 N–H and O–H groups in total. The van der Waals surface area contributed by atoms with Crippen molar-refractivity contribution < 1.29 is 19.5 Å². The van der Waals surface area contributed by atoms with Crippen molar-refractivity contribution in [2.24, 2.45) is 0 Å². The van der Waals surface area contributed by atoms with Crippen molar-refractivity contribution in [1.82, 2.24) is 14.7 Å². The summed E-state index contributed by atoms with van der Waals surface area (Å²) in [5.74, 6) is -1.94. The number of carbonyl (C=O) groups is 3. The fourth-order valence-electron chi connectivity index (χ4n) is 6.03. The summed E-state index contributed by atoms with van der Waals surface area (Å²) in [5.41, 5.74) is 2.64. The minimum Gasteiger partial charge on any atom is -0.480 e. The number of likely N-dealkylation sites (tertiary alicyclic amines) is 1. The van der Waals surface area contributed by atoms with Crippen LogP contribution in [0.15, 0.2) is 91.0 Å². The number of urea groups is 1. The van der Waals surface area contributed by atoms with Gasteiger partial charge in [0, 0.05) is 20.1 Å². The number of aliphatic carboxylic acids is 1. The highest BCUT2D eigenvalue weighted by molar-refractivity contribution is 5.92. The molecule has 196 valence electrons. The molecular formula is C31H33N3O4. The van der Waals surface area contributed by atoms with E-state index in [1.807, 2.05) is 91.0 Å². The zero-order valence-electron chi connectivity index (χ0n) is 21.5. The molecule has 3 aromatic carbocycles. The molecule has 5 rings (SSSR count). The Labute approximate surface area is 223 Å². The fraction of sp³-hybridized carbons (Fsp3) is 0.323. The molecule has 2 saturated heterocycles. The van der Waals surface area contributed by atoms with Crippen LogP contribution in [-0.2, 0) is 16.1 Å². The number of hydrogen-bond donors (Lipinski definition) is 1. The van der Waals surface area contributed by atoms with Crippen molar-refractivity contribution in [3.05, 3.63) is 108 Å². The topological polar surface area (TPSA) is 81.2 Å². The second-order valence-corrected chi connectivity index (χ2v) is 10.2. The summed E-state index contributed by atoms with van der Waals surface area (Å²) in [6.07, 6.45) is 2.11. The van der Waals surface area contributed by atoms with Gasteiger partial charge in [0.1, 0.15) is 6.04 Å². The summed E-state index contributed by atoms with van der Waals surface area (Å²) >= 11 is 0. The highest BCUT2D eigenvalue weighted by Crippen LogP contribution is 2.37. The molecule has 2 fully saturated rings. The molecule has 2 bridgehead atoms. The Morgan fingerprint density at radius 3 is 1.97 bits per heavy atom. The van der Waals surface area contributed by atoms with Crippen LogP contribution in [0.1, 0.15) is 41.9 Å². The molecule has 0 saturated carbocycles. The first-order valence-electron chi connectivity index (χ1n) is 13.2. The maximum Gasteiger partial charge on any atom is 0.328 e. The third-order valence-corrected chi connectivity index (χ3v) is 7.75. The lowest BCUT2D eigenvalue weighted by atomic mass is 9.83. The number of benzene rings is 3. The van der Waals surface area contributed by atoms with Crippen molar-refractivity contribution in [2.45, 2.75) is 49.9 Å². The number of amides is 3. The largest absolute Gasteiger partial charge is 0.480 e. The predicted molar refractivity (Wildman–Crippen MR) is 144 cm³/mol. The summed E-state index contributed by atoms with van der Waals surface area (Å²) in [6.45, 7) is 0.632. The van der Waals surface area contributed by atoms with Gasteiger partial charge in [0.15, 0.2) is 0 Å². The number of carboxylic acid groups (broad SMARTS) is 1. The van der Waals surface area contributed by atoms with Crippen molar-refractivity contribution in [3.8, 4) is 0 Å². The fourth-order valence-corrected chi connectivity index (χ4v) is 6.03. The highest BCUT2D eigenvalue weighted by Gasteiger charge is 2.52. The second-order valence-electron chi connectivity index (χ2n) is 10.2. The molecule has 0 aliphatic carbocycles. The first kappa shape index (κ1) is 25.5. The van der Waals surface area contributed by atoms with Gasteiger partial charge in [-0.15, -0.1) is 0 Å². The number of piperazine rings is 1. The Kier molecular flexibility index (Phi) is 7.45. The van der Waals surface area contributed by atoms with Crippen LogP contribution in [0.3, 0.4) is 0 Å². The van der Waals surface area contributed by atoms with E-state index in [9.17, 15) is 19.5 Å². The Morgan fingerprint density at radius 2 is 1.42 bits per heavy atom. The minimum absolute atomic E-state index is 0.190. The first-order valence-corrected chi connectivity index (χ1v) is 13.2. The monoisotopic (exact) mass is 511 g/mol. The van der Waals surface area contributed by atoms with Crippen LogP contribution < -0.4 is 0 Å². The zero-order valence-corrected chi connectivity index (χ0v) is 21.5. The molecule has 0 radical (unpaired) electrons. The molecule has 2 heterocycles. The van der Waals surface area contributed by atoms with E-state index in [4.69, 9.17) is 0 Å². The smallest absolute Gasteiger partial charge is 0.328 e. The van der Waals surface area contributed by atoms with Gasteiger partial charge >= 0.3 is 12.0 Å². The normalized spacial score (nSPS) is 20.7. The maximum atomic E-state index is 14.2. The third-order valence-electron chi connectivity index (χ3n) is 7.75. The number of piperidine rings is 1. The van der Waals surface area contributed by atoms with Crippen molar-refractivity contribution in [2.75, 3.05) is 13.6 Å². The number of fused-ring (bicyclic) bond motifs is 2. The molecule has 3 amide bonds. The van der Waals surface area contributed by atoms with E-state index in [0.29, 0.717) is 13.0 Å². The van der Waals surface area contributed by atoms with Crippen LogP contribution in [0.5, 0.6) is 0 Å². The average molecular weight is 512 g/mol. The predicted octanol–water partition coefficient (Wildman–Crippen LogP) is 4.59. The number of carbonyl (C=O) groups excluding carboxylic acids is 2. The first-order chi connectivity index (χ1) is 18.5. The lowest BCUT2D eigenvalue weighted by Crippen LogP contribution is -2.71. The summed E-state index contributed by atoms with van der Waals surface area (Å²) in [7, 11) is 1.75. The summed E-state index contributed by atoms with van der Waals surface area (Å²) in [4.78, 5) is 45.6. The van der Waals surface area contributed by atoms with E-state index >= 15 is 0 Å². The minimum atomic E-state index is -1.11. The van der Waals surface area contributed by atoms with E-state index in [1.165, 1.54) is 4.90 Å². The van der Waals surface area contributed by atoms with Crippen LogP contribution in [0.2, 0.25) is 0 Å². The molecule has 0 aromatic heterocycles. The van der Waals surface area contributed by atoms with Gasteiger partial charge in [0.2, 0.25) is 5.91 Å². The number of carboxylic acids is 1. The standard InChI is InChI=1S/C31H33N3O4/c1-32(20-22-12-5-2-6-13-22)31(38)34-25-18-11-19-26(34)28(30(36)37)33(21-25)29(35)27(23-14-7-3-8-15-23)24-16-9-4-10-17-24/h2-10,12-17,25-28H,11,18-21H2,1H3,(H,36,37)/t25-,26+,28-/m0/s1. The van der Waals surface area contributed by atoms with Crippen LogP contribution >= 0.6 is 0 Å². The Bertz CT molecular complexity index is 1230. The maximum absolute atomic E-state index is 14.2. The van der Waals surface area contributed by atoms with Gasteiger partial charge in [0.05, 0.1) is 18.0 Å². The lowest BCUT2D eigenvalue weighted by molar-refractivity contribution is -0.160. The van der Waals surface area contributed by atoms with Gasteiger partial charge < -0.3 is 19.8 Å². The van der Waals surface area contributed by atoms with Gasteiger partial charge in [0.25, 0.3) is 0 Å². The molecule has 2 aliphatic heterocycles. The van der Waals surface area contributed by atoms with E-state index < -0.39 is 24.0 Å². The molecule has 3 aromatic rings. The van der Waals surface area contributed by atoms with E-state index in [0.717, 1.165) is 29.5 Å². The lowest BCUT2D eigenvalue weighted by Gasteiger charge is -2.54. The number of hydrogen-bond acceptors (Lipinski definition) is 3. The number of rotatable bonds is 6. The second kappa shape index (κ2) is 11.1. The summed E-state index contributed by atoms with van der Waals surface area (Å²) in [5, 5.41) is 10.4. The van der Waals surface area contributed by atoms with Crippen LogP contribution in [-0.4, -0.2) is 69.4 Å². The molecule has 0 unspecified atom stereocenters. The van der Waals surface area contributed by atoms with Crippen molar-refractivity contribution in [3.63, 3.8) is 0 Å². The number of nitrogens with zero attached hydrogens (tertiary/aromatic N) is 3. The quantitative estimate of drug-likeness (QED) is 0.525. The van der Waals surface area contributed by atoms with E-state index in [-0.39, 0.29) is 24.5 Å². The zero-order chi connectivity index (χ0) is 26.6. The van der Waals surface area contributed by atoms with Gasteiger partial charge in [-0.1, -0.05) is 91.0 Å².